The smallest absolute Gasteiger partial charge is 0.268 e. The molecule has 2 heterocycles. The SMILES string of the molecule is N#C/C(=C\c1ccc(-c2ccc(Cl)cc2)o1)C(=O)Nc1nccs1. The molecule has 0 spiro atoms. The van der Waals surface area contributed by atoms with E-state index in [2.05, 4.69) is 10.3 Å². The molecule has 1 N–H and O–H groups in total. The molecule has 7 heteroatoms. The molecule has 0 aliphatic heterocycles. The number of nitriles is 1. The molecule has 3 rings (SSSR count). The Balaban J connectivity index is 1.80. The second-order valence-corrected chi connectivity index (χ2v) is 6.00. The number of hydrogen-bond acceptors (Lipinski definition) is 5. The van der Waals surface area contributed by atoms with Gasteiger partial charge in [0.25, 0.3) is 5.91 Å². The van der Waals surface area contributed by atoms with Crippen molar-refractivity contribution in [2.75, 3.05) is 5.32 Å². The first kappa shape index (κ1) is 16.0. The molecule has 0 aliphatic carbocycles. The van der Waals surface area contributed by atoms with Gasteiger partial charge in [-0.3, -0.25) is 10.1 Å². The molecule has 0 saturated heterocycles. The Morgan fingerprint density at radius 1 is 1.29 bits per heavy atom. The summed E-state index contributed by atoms with van der Waals surface area (Å²) in [6.07, 6.45) is 2.96. The monoisotopic (exact) mass is 355 g/mol. The van der Waals surface area contributed by atoms with E-state index in [0.717, 1.165) is 5.56 Å². The van der Waals surface area contributed by atoms with E-state index < -0.39 is 5.91 Å². The predicted molar refractivity (Wildman–Crippen MR) is 93.5 cm³/mol. The molecule has 1 aromatic carbocycles. The van der Waals surface area contributed by atoms with Crippen LogP contribution in [0.2, 0.25) is 5.02 Å². The maximum absolute atomic E-state index is 12.1. The summed E-state index contributed by atoms with van der Waals surface area (Å²) >= 11 is 7.13. The number of aromatic nitrogens is 1. The Kier molecular flexibility index (Phi) is 4.75. The average Bonchev–Trinajstić information content (AvgIpc) is 3.25. The third-order valence-corrected chi connectivity index (χ3v) is 4.00. The normalized spacial score (nSPS) is 11.1. The van der Waals surface area contributed by atoms with Gasteiger partial charge in [-0.1, -0.05) is 11.6 Å². The number of amides is 1. The van der Waals surface area contributed by atoms with Crippen LogP contribution in [-0.4, -0.2) is 10.9 Å². The number of hydrogen-bond donors (Lipinski definition) is 1. The Hall–Kier alpha value is -2.88. The van der Waals surface area contributed by atoms with E-state index in [0.29, 0.717) is 21.7 Å². The zero-order chi connectivity index (χ0) is 16.9. The van der Waals surface area contributed by atoms with Gasteiger partial charge in [0, 0.05) is 28.2 Å². The van der Waals surface area contributed by atoms with Gasteiger partial charge in [0.2, 0.25) is 0 Å². The number of nitrogens with zero attached hydrogens (tertiary/aromatic N) is 2. The van der Waals surface area contributed by atoms with Crippen molar-refractivity contribution in [1.29, 1.82) is 5.26 Å². The van der Waals surface area contributed by atoms with Gasteiger partial charge in [0.05, 0.1) is 0 Å². The van der Waals surface area contributed by atoms with Gasteiger partial charge in [-0.05, 0) is 36.4 Å². The fraction of sp³-hybridized carbons (Fsp3) is 0. The molecule has 3 aromatic rings. The minimum absolute atomic E-state index is 0.0674. The lowest BCUT2D eigenvalue weighted by molar-refractivity contribution is -0.112. The van der Waals surface area contributed by atoms with Crippen LogP contribution >= 0.6 is 22.9 Å². The van der Waals surface area contributed by atoms with Crippen LogP contribution in [-0.2, 0) is 4.79 Å². The largest absolute Gasteiger partial charge is 0.457 e. The van der Waals surface area contributed by atoms with Crippen LogP contribution in [0.1, 0.15) is 5.76 Å². The fourth-order valence-electron chi connectivity index (χ4n) is 1.94. The molecular formula is C17H10ClN3O2S. The lowest BCUT2D eigenvalue weighted by Crippen LogP contribution is -2.13. The molecule has 2 aromatic heterocycles. The van der Waals surface area contributed by atoms with Crippen molar-refractivity contribution in [3.8, 4) is 17.4 Å². The first-order valence-electron chi connectivity index (χ1n) is 6.84. The number of rotatable bonds is 4. The molecule has 0 saturated carbocycles. The number of halogens is 1. The lowest BCUT2D eigenvalue weighted by atomic mass is 10.2. The van der Waals surface area contributed by atoms with Gasteiger partial charge >= 0.3 is 0 Å². The molecular weight excluding hydrogens is 346 g/mol. The quantitative estimate of drug-likeness (QED) is 0.547. The number of carbonyl (C=O) groups is 1. The second-order valence-electron chi connectivity index (χ2n) is 4.67. The van der Waals surface area contributed by atoms with E-state index in [1.807, 2.05) is 18.2 Å². The molecule has 1 amide bonds. The summed E-state index contributed by atoms with van der Waals surface area (Å²) in [6.45, 7) is 0. The summed E-state index contributed by atoms with van der Waals surface area (Å²) in [7, 11) is 0. The maximum Gasteiger partial charge on any atom is 0.268 e. The van der Waals surface area contributed by atoms with Crippen LogP contribution < -0.4 is 5.32 Å². The summed E-state index contributed by atoms with van der Waals surface area (Å²) < 4.78 is 5.66. The Bertz CT molecular complexity index is 922. The average molecular weight is 356 g/mol. The standard InChI is InChI=1S/C17H10ClN3O2S/c18-13-3-1-11(2-4-13)15-6-5-14(23-15)9-12(10-19)16(22)21-17-20-7-8-24-17/h1-9H,(H,20,21,22)/b12-9+. The molecule has 118 valence electrons. The number of anilines is 1. The minimum atomic E-state index is -0.531. The van der Waals surface area contributed by atoms with Crippen molar-refractivity contribution < 1.29 is 9.21 Å². The summed E-state index contributed by atoms with van der Waals surface area (Å²) in [5.41, 5.74) is 0.784. The van der Waals surface area contributed by atoms with Crippen LogP contribution in [0.5, 0.6) is 0 Å². The van der Waals surface area contributed by atoms with Crippen LogP contribution in [0, 0.1) is 11.3 Å². The van der Waals surface area contributed by atoms with Crippen LogP contribution in [0.25, 0.3) is 17.4 Å². The van der Waals surface area contributed by atoms with E-state index in [4.69, 9.17) is 16.0 Å². The number of furan rings is 1. The van der Waals surface area contributed by atoms with Gasteiger partial charge in [-0.2, -0.15) is 5.26 Å². The third kappa shape index (κ3) is 3.71. The third-order valence-electron chi connectivity index (χ3n) is 3.06. The topological polar surface area (TPSA) is 78.9 Å². The summed E-state index contributed by atoms with van der Waals surface area (Å²) in [6, 6.07) is 12.5. The van der Waals surface area contributed by atoms with Crippen molar-refractivity contribution in [2.24, 2.45) is 0 Å². The number of benzene rings is 1. The van der Waals surface area contributed by atoms with Gasteiger partial charge in [0.15, 0.2) is 5.13 Å². The van der Waals surface area contributed by atoms with E-state index >= 15 is 0 Å². The Morgan fingerprint density at radius 3 is 2.75 bits per heavy atom. The van der Waals surface area contributed by atoms with Crippen LogP contribution in [0.15, 0.2) is 58.0 Å². The molecule has 0 fully saturated rings. The van der Waals surface area contributed by atoms with E-state index in [9.17, 15) is 10.1 Å². The minimum Gasteiger partial charge on any atom is -0.457 e. The molecule has 0 bridgehead atoms. The molecule has 0 unspecified atom stereocenters. The maximum atomic E-state index is 12.1. The van der Waals surface area contributed by atoms with E-state index in [-0.39, 0.29) is 5.57 Å². The van der Waals surface area contributed by atoms with E-state index in [1.54, 1.807) is 35.8 Å². The zero-order valence-corrected chi connectivity index (χ0v) is 13.8. The molecule has 0 aliphatic rings. The summed E-state index contributed by atoms with van der Waals surface area (Å²) in [5, 5.41) is 14.5. The van der Waals surface area contributed by atoms with Gasteiger partial charge in [-0.15, -0.1) is 11.3 Å². The molecule has 5 nitrogen and oxygen atoms in total. The summed E-state index contributed by atoms with van der Waals surface area (Å²) in [5.74, 6) is 0.498. The lowest BCUT2D eigenvalue weighted by Gasteiger charge is -1.99. The van der Waals surface area contributed by atoms with Gasteiger partial charge in [0.1, 0.15) is 23.2 Å². The zero-order valence-electron chi connectivity index (χ0n) is 12.2. The van der Waals surface area contributed by atoms with Crippen molar-refractivity contribution in [3.63, 3.8) is 0 Å². The van der Waals surface area contributed by atoms with Crippen LogP contribution in [0.4, 0.5) is 5.13 Å². The second kappa shape index (κ2) is 7.13. The molecule has 24 heavy (non-hydrogen) atoms. The number of nitrogens with one attached hydrogen (secondary N) is 1. The van der Waals surface area contributed by atoms with Gasteiger partial charge in [-0.25, -0.2) is 4.98 Å². The molecule has 0 radical (unpaired) electrons. The highest BCUT2D eigenvalue weighted by molar-refractivity contribution is 7.13. The first-order chi connectivity index (χ1) is 11.7. The number of thiazole rings is 1. The fourth-order valence-corrected chi connectivity index (χ4v) is 2.59. The van der Waals surface area contributed by atoms with Crippen LogP contribution in [0.3, 0.4) is 0 Å². The highest BCUT2D eigenvalue weighted by Crippen LogP contribution is 2.25. The highest BCUT2D eigenvalue weighted by atomic mass is 35.5. The van der Waals surface area contributed by atoms with Crippen molar-refractivity contribution in [2.45, 2.75) is 0 Å². The Labute approximate surface area is 146 Å². The predicted octanol–water partition coefficient (Wildman–Crippen LogP) is 4.60. The van der Waals surface area contributed by atoms with Gasteiger partial charge < -0.3 is 4.42 Å². The first-order valence-corrected chi connectivity index (χ1v) is 8.10. The van der Waals surface area contributed by atoms with Crippen molar-refractivity contribution in [1.82, 2.24) is 4.98 Å². The molecule has 0 atom stereocenters. The number of carbonyl (C=O) groups excluding carboxylic acids is 1. The summed E-state index contributed by atoms with van der Waals surface area (Å²) in [4.78, 5) is 16.0. The van der Waals surface area contributed by atoms with Crippen molar-refractivity contribution in [3.05, 3.63) is 64.3 Å². The highest BCUT2D eigenvalue weighted by Gasteiger charge is 2.12. The Morgan fingerprint density at radius 2 is 2.08 bits per heavy atom. The van der Waals surface area contributed by atoms with E-state index in [1.165, 1.54) is 17.4 Å². The van der Waals surface area contributed by atoms with Crippen molar-refractivity contribution >= 4 is 40.1 Å².